The van der Waals surface area contributed by atoms with Crippen LogP contribution in [0, 0.1) is 0 Å². The lowest BCUT2D eigenvalue weighted by Crippen LogP contribution is -2.40. The standard InChI is InChI=1S/C12H18N4O4/c1-12(2,3)20-11(19)15-5-4-8-7(6-15)9(13)14-16(8)10(17)18/h4-6H2,1-3H3,(H2,13,14)(H,17,18). The van der Waals surface area contributed by atoms with Gasteiger partial charge in [-0.3, -0.25) is 0 Å². The van der Waals surface area contributed by atoms with E-state index in [1.807, 2.05) is 0 Å². The minimum absolute atomic E-state index is 0.135. The molecular weight excluding hydrogens is 264 g/mol. The van der Waals surface area contributed by atoms with Crippen LogP contribution in [0.4, 0.5) is 15.4 Å². The highest BCUT2D eigenvalue weighted by atomic mass is 16.6. The summed E-state index contributed by atoms with van der Waals surface area (Å²) in [6.07, 6.45) is -1.24. The SMILES string of the molecule is CC(C)(C)OC(=O)N1CCc2c(c(N)nn2C(=O)O)C1. The van der Waals surface area contributed by atoms with Gasteiger partial charge in [-0.05, 0) is 20.8 Å². The maximum Gasteiger partial charge on any atom is 0.432 e. The molecule has 1 aromatic rings. The van der Waals surface area contributed by atoms with E-state index < -0.39 is 17.8 Å². The average molecular weight is 282 g/mol. The summed E-state index contributed by atoms with van der Waals surface area (Å²) in [7, 11) is 0. The smallest absolute Gasteiger partial charge is 0.432 e. The Kier molecular flexibility index (Phi) is 3.33. The molecule has 8 heteroatoms. The second kappa shape index (κ2) is 4.69. The summed E-state index contributed by atoms with van der Waals surface area (Å²) in [5.41, 5.74) is 6.25. The van der Waals surface area contributed by atoms with Gasteiger partial charge in [-0.2, -0.15) is 4.68 Å². The van der Waals surface area contributed by atoms with Gasteiger partial charge in [-0.15, -0.1) is 5.10 Å². The number of carbonyl (C=O) groups excluding carboxylic acids is 1. The number of fused-ring (bicyclic) bond motifs is 1. The Morgan fingerprint density at radius 2 is 2.05 bits per heavy atom. The van der Waals surface area contributed by atoms with Crippen LogP contribution in [0.25, 0.3) is 0 Å². The van der Waals surface area contributed by atoms with Crippen molar-refractivity contribution in [3.63, 3.8) is 0 Å². The molecule has 0 atom stereocenters. The zero-order chi connectivity index (χ0) is 15.1. The maximum absolute atomic E-state index is 12.0. The van der Waals surface area contributed by atoms with Crippen LogP contribution in [0.15, 0.2) is 0 Å². The zero-order valence-electron chi connectivity index (χ0n) is 11.7. The zero-order valence-corrected chi connectivity index (χ0v) is 11.7. The van der Waals surface area contributed by atoms with Gasteiger partial charge >= 0.3 is 12.2 Å². The maximum atomic E-state index is 12.0. The molecule has 0 aromatic carbocycles. The first kappa shape index (κ1) is 14.2. The van der Waals surface area contributed by atoms with Gasteiger partial charge < -0.3 is 20.5 Å². The van der Waals surface area contributed by atoms with Crippen molar-refractivity contribution < 1.29 is 19.4 Å². The molecule has 1 aliphatic heterocycles. The normalized spacial score (nSPS) is 14.8. The molecule has 2 heterocycles. The molecule has 110 valence electrons. The number of anilines is 1. The molecule has 0 saturated heterocycles. The molecule has 0 spiro atoms. The first-order chi connectivity index (χ1) is 9.19. The Morgan fingerprint density at radius 1 is 1.40 bits per heavy atom. The molecule has 1 aromatic heterocycles. The second-order valence-electron chi connectivity index (χ2n) is 5.66. The van der Waals surface area contributed by atoms with Gasteiger partial charge in [-0.25, -0.2) is 9.59 Å². The molecule has 1 aliphatic rings. The van der Waals surface area contributed by atoms with Crippen LogP contribution in [0.2, 0.25) is 0 Å². The van der Waals surface area contributed by atoms with Crippen molar-refractivity contribution >= 4 is 18.0 Å². The Labute approximate surface area is 116 Å². The van der Waals surface area contributed by atoms with Crippen molar-refractivity contribution in [1.82, 2.24) is 14.7 Å². The topological polar surface area (TPSA) is 111 Å². The largest absolute Gasteiger partial charge is 0.463 e. The molecule has 1 amide bonds. The second-order valence-corrected chi connectivity index (χ2v) is 5.66. The third-order valence-corrected chi connectivity index (χ3v) is 2.92. The molecular formula is C12H18N4O4. The molecule has 3 N–H and O–H groups in total. The number of nitrogen functional groups attached to an aromatic ring is 1. The van der Waals surface area contributed by atoms with Crippen LogP contribution in [0.1, 0.15) is 32.0 Å². The molecule has 0 radical (unpaired) electrons. The number of nitrogens with two attached hydrogens (primary N) is 1. The van der Waals surface area contributed by atoms with E-state index in [1.165, 1.54) is 4.90 Å². The molecule has 0 bridgehead atoms. The minimum Gasteiger partial charge on any atom is -0.463 e. The van der Waals surface area contributed by atoms with Gasteiger partial charge in [0.2, 0.25) is 0 Å². The quantitative estimate of drug-likeness (QED) is 0.741. The molecule has 0 saturated carbocycles. The molecule has 8 nitrogen and oxygen atoms in total. The predicted octanol–water partition coefficient (Wildman–Crippen LogP) is 1.28. The highest BCUT2D eigenvalue weighted by Gasteiger charge is 2.30. The number of carboxylic acid groups (broad SMARTS) is 1. The number of ether oxygens (including phenoxy) is 1. The van der Waals surface area contributed by atoms with Crippen LogP contribution < -0.4 is 5.73 Å². The van der Waals surface area contributed by atoms with Crippen LogP contribution in [0.5, 0.6) is 0 Å². The van der Waals surface area contributed by atoms with E-state index in [4.69, 9.17) is 15.6 Å². The first-order valence-electron chi connectivity index (χ1n) is 6.26. The van der Waals surface area contributed by atoms with Crippen molar-refractivity contribution in [2.24, 2.45) is 0 Å². The Hall–Kier alpha value is -2.25. The summed E-state index contributed by atoms with van der Waals surface area (Å²) in [6, 6.07) is 0. The Morgan fingerprint density at radius 3 is 2.60 bits per heavy atom. The van der Waals surface area contributed by atoms with E-state index in [9.17, 15) is 9.59 Å². The van der Waals surface area contributed by atoms with Crippen molar-refractivity contribution in [2.75, 3.05) is 12.3 Å². The molecule has 2 rings (SSSR count). The molecule has 0 unspecified atom stereocenters. The Bertz CT molecular complexity index is 559. The number of rotatable bonds is 0. The van der Waals surface area contributed by atoms with Gasteiger partial charge in [0.15, 0.2) is 5.82 Å². The monoisotopic (exact) mass is 282 g/mol. The van der Waals surface area contributed by atoms with E-state index in [0.717, 1.165) is 4.68 Å². The summed E-state index contributed by atoms with van der Waals surface area (Å²) in [4.78, 5) is 24.5. The highest BCUT2D eigenvalue weighted by molar-refractivity contribution is 5.72. The number of hydrogen-bond donors (Lipinski definition) is 2. The minimum atomic E-state index is -1.18. The lowest BCUT2D eigenvalue weighted by molar-refractivity contribution is 0.0223. The average Bonchev–Trinajstić information content (AvgIpc) is 2.64. The van der Waals surface area contributed by atoms with E-state index in [0.29, 0.717) is 24.2 Å². The lowest BCUT2D eigenvalue weighted by atomic mass is 10.1. The number of hydrogen-bond acceptors (Lipinski definition) is 5. The summed E-state index contributed by atoms with van der Waals surface area (Å²) < 4.78 is 6.16. The van der Waals surface area contributed by atoms with Crippen LogP contribution in [-0.2, 0) is 17.7 Å². The third kappa shape index (κ3) is 2.68. The third-order valence-electron chi connectivity index (χ3n) is 2.92. The predicted molar refractivity (Wildman–Crippen MR) is 70.4 cm³/mol. The van der Waals surface area contributed by atoms with Crippen LogP contribution >= 0.6 is 0 Å². The summed E-state index contributed by atoms with van der Waals surface area (Å²) >= 11 is 0. The number of amides is 1. The van der Waals surface area contributed by atoms with Crippen molar-refractivity contribution in [2.45, 2.75) is 39.3 Å². The van der Waals surface area contributed by atoms with Crippen LogP contribution in [-0.4, -0.2) is 44.1 Å². The number of aromatic nitrogens is 2. The van der Waals surface area contributed by atoms with Gasteiger partial charge in [0.25, 0.3) is 0 Å². The van der Waals surface area contributed by atoms with E-state index in [2.05, 4.69) is 5.10 Å². The van der Waals surface area contributed by atoms with Crippen molar-refractivity contribution in [1.29, 1.82) is 0 Å². The van der Waals surface area contributed by atoms with Gasteiger partial charge in [0.05, 0.1) is 12.2 Å². The molecule has 0 fully saturated rings. The Balaban J connectivity index is 2.20. The fourth-order valence-corrected chi connectivity index (χ4v) is 2.08. The number of nitrogens with zero attached hydrogens (tertiary/aromatic N) is 3. The van der Waals surface area contributed by atoms with E-state index >= 15 is 0 Å². The highest BCUT2D eigenvalue weighted by Crippen LogP contribution is 2.25. The summed E-state index contributed by atoms with van der Waals surface area (Å²) in [6.45, 7) is 5.95. The lowest BCUT2D eigenvalue weighted by Gasteiger charge is -2.30. The van der Waals surface area contributed by atoms with Gasteiger partial charge in [-0.1, -0.05) is 0 Å². The number of carbonyl (C=O) groups is 2. The van der Waals surface area contributed by atoms with E-state index in [1.54, 1.807) is 20.8 Å². The van der Waals surface area contributed by atoms with Crippen molar-refractivity contribution in [3.05, 3.63) is 11.3 Å². The summed E-state index contributed by atoms with van der Waals surface area (Å²) in [5.74, 6) is 0.135. The van der Waals surface area contributed by atoms with Crippen LogP contribution in [0.3, 0.4) is 0 Å². The fraction of sp³-hybridized carbons (Fsp3) is 0.583. The van der Waals surface area contributed by atoms with E-state index in [-0.39, 0.29) is 12.4 Å². The summed E-state index contributed by atoms with van der Waals surface area (Å²) in [5, 5.41) is 12.8. The molecule has 20 heavy (non-hydrogen) atoms. The van der Waals surface area contributed by atoms with Gasteiger partial charge in [0.1, 0.15) is 5.60 Å². The van der Waals surface area contributed by atoms with Crippen molar-refractivity contribution in [3.8, 4) is 0 Å². The fourth-order valence-electron chi connectivity index (χ4n) is 2.08. The first-order valence-corrected chi connectivity index (χ1v) is 6.26. The molecule has 0 aliphatic carbocycles. The van der Waals surface area contributed by atoms with Gasteiger partial charge in [0, 0.05) is 18.5 Å².